The Kier molecular flexibility index (Phi) is 7.55. The van der Waals surface area contributed by atoms with Gasteiger partial charge >= 0.3 is 0 Å². The largest absolute Gasteiger partial charge is 0.362 e. The van der Waals surface area contributed by atoms with Crippen molar-refractivity contribution >= 4 is 23.0 Å². The van der Waals surface area contributed by atoms with Gasteiger partial charge in [-0.1, -0.05) is 26.0 Å². The number of hydrogen-bond donors (Lipinski definition) is 2. The molecule has 0 radical (unpaired) electrons. The van der Waals surface area contributed by atoms with Gasteiger partial charge in [-0.05, 0) is 69.3 Å². The summed E-state index contributed by atoms with van der Waals surface area (Å²) in [6.45, 7) is 6.43. The number of benzene rings is 1. The Balaban J connectivity index is 2.35. The number of nitrogens with zero attached hydrogens (tertiary/aromatic N) is 1. The van der Waals surface area contributed by atoms with E-state index >= 15 is 0 Å². The third-order valence-electron chi connectivity index (χ3n) is 3.42. The van der Waals surface area contributed by atoms with E-state index in [0.29, 0.717) is 11.0 Å². The van der Waals surface area contributed by atoms with Crippen LogP contribution in [-0.2, 0) is 0 Å². The van der Waals surface area contributed by atoms with Gasteiger partial charge in [-0.25, -0.2) is 0 Å². The zero-order valence-corrected chi connectivity index (χ0v) is 13.9. The average molecular weight is 293 g/mol. The van der Waals surface area contributed by atoms with E-state index in [9.17, 15) is 0 Å². The summed E-state index contributed by atoms with van der Waals surface area (Å²) in [5.74, 6) is 0.611. The number of hydrogen-bond acceptors (Lipinski definition) is 2. The summed E-state index contributed by atoms with van der Waals surface area (Å²) in [4.78, 5) is 2.17. The van der Waals surface area contributed by atoms with E-state index in [1.807, 2.05) is 0 Å². The Morgan fingerprint density at radius 1 is 1.25 bits per heavy atom. The molecule has 0 aliphatic heterocycles. The molecule has 20 heavy (non-hydrogen) atoms. The molecule has 0 saturated heterocycles. The molecule has 1 aromatic carbocycles. The first kappa shape index (κ1) is 16.9. The predicted molar refractivity (Wildman–Crippen MR) is 92.5 cm³/mol. The van der Waals surface area contributed by atoms with Gasteiger partial charge in [-0.2, -0.15) is 0 Å². The first-order valence-electron chi connectivity index (χ1n) is 7.32. The van der Waals surface area contributed by atoms with Crippen LogP contribution in [0.15, 0.2) is 24.3 Å². The van der Waals surface area contributed by atoms with Crippen LogP contribution in [-0.4, -0.2) is 37.2 Å². The van der Waals surface area contributed by atoms with Crippen molar-refractivity contribution in [1.82, 2.24) is 10.2 Å². The van der Waals surface area contributed by atoms with Crippen molar-refractivity contribution < 1.29 is 0 Å². The Hall–Kier alpha value is -1.13. The highest BCUT2D eigenvalue weighted by molar-refractivity contribution is 7.80. The molecule has 112 valence electrons. The van der Waals surface area contributed by atoms with Gasteiger partial charge in [-0.15, -0.1) is 0 Å². The summed E-state index contributed by atoms with van der Waals surface area (Å²) < 4.78 is 0. The second-order valence-electron chi connectivity index (χ2n) is 5.47. The van der Waals surface area contributed by atoms with Crippen molar-refractivity contribution in [3.8, 4) is 0 Å². The summed E-state index contributed by atoms with van der Waals surface area (Å²) in [6.07, 6.45) is 2.25. The number of rotatable bonds is 7. The van der Waals surface area contributed by atoms with Crippen LogP contribution < -0.4 is 10.6 Å². The molecule has 0 saturated carbocycles. The van der Waals surface area contributed by atoms with E-state index in [-0.39, 0.29) is 0 Å². The molecule has 0 bridgehead atoms. The second-order valence-corrected chi connectivity index (χ2v) is 5.88. The summed E-state index contributed by atoms with van der Waals surface area (Å²) in [6, 6.07) is 8.53. The van der Waals surface area contributed by atoms with Crippen molar-refractivity contribution in [3.05, 3.63) is 29.8 Å². The second kappa shape index (κ2) is 8.93. The van der Waals surface area contributed by atoms with Crippen LogP contribution in [0.1, 0.15) is 38.2 Å². The van der Waals surface area contributed by atoms with E-state index in [2.05, 4.69) is 67.7 Å². The van der Waals surface area contributed by atoms with Crippen molar-refractivity contribution in [1.29, 1.82) is 0 Å². The number of anilines is 1. The van der Waals surface area contributed by atoms with Crippen LogP contribution in [0.5, 0.6) is 0 Å². The molecule has 1 rings (SSSR count). The fraction of sp³-hybridized carbons (Fsp3) is 0.562. The lowest BCUT2D eigenvalue weighted by Gasteiger charge is -2.14. The van der Waals surface area contributed by atoms with Crippen LogP contribution >= 0.6 is 12.2 Å². The van der Waals surface area contributed by atoms with E-state index in [1.54, 1.807) is 0 Å². The van der Waals surface area contributed by atoms with Gasteiger partial charge < -0.3 is 15.5 Å². The van der Waals surface area contributed by atoms with Crippen LogP contribution in [0.4, 0.5) is 5.69 Å². The highest BCUT2D eigenvalue weighted by atomic mass is 32.1. The van der Waals surface area contributed by atoms with E-state index in [4.69, 9.17) is 12.2 Å². The van der Waals surface area contributed by atoms with Gasteiger partial charge in [0.15, 0.2) is 5.11 Å². The average Bonchev–Trinajstić information content (AvgIpc) is 2.43. The van der Waals surface area contributed by atoms with E-state index < -0.39 is 0 Å². The Bertz CT molecular complexity index is 401. The third kappa shape index (κ3) is 6.35. The minimum Gasteiger partial charge on any atom is -0.362 e. The molecule has 3 nitrogen and oxygen atoms in total. The molecule has 2 N–H and O–H groups in total. The standard InChI is InChI=1S/C16H27N3S/c1-5-13(2)14-7-9-15(10-8-14)18-16(20)17-11-6-12-19(3)4/h7-10,13H,5-6,11-12H2,1-4H3,(H2,17,18,20)/t13-/m0/s1. The lowest BCUT2D eigenvalue weighted by Crippen LogP contribution is -2.30. The summed E-state index contributed by atoms with van der Waals surface area (Å²) in [7, 11) is 4.16. The molecule has 4 heteroatoms. The van der Waals surface area contributed by atoms with Gasteiger partial charge in [0.2, 0.25) is 0 Å². The van der Waals surface area contributed by atoms with Gasteiger partial charge in [0.25, 0.3) is 0 Å². The van der Waals surface area contributed by atoms with Crippen LogP contribution in [0.3, 0.4) is 0 Å². The lowest BCUT2D eigenvalue weighted by molar-refractivity contribution is 0.400. The zero-order chi connectivity index (χ0) is 15.0. The first-order chi connectivity index (χ1) is 9.52. The molecule has 0 amide bonds. The highest BCUT2D eigenvalue weighted by Gasteiger charge is 2.03. The van der Waals surface area contributed by atoms with E-state index in [0.717, 1.165) is 25.2 Å². The number of nitrogens with one attached hydrogen (secondary N) is 2. The molecule has 0 fully saturated rings. The third-order valence-corrected chi connectivity index (χ3v) is 3.66. The Morgan fingerprint density at radius 3 is 2.45 bits per heavy atom. The maximum atomic E-state index is 5.29. The van der Waals surface area contributed by atoms with Gasteiger partial charge in [-0.3, -0.25) is 0 Å². The molecule has 0 aromatic heterocycles. The molecule has 0 unspecified atom stereocenters. The SMILES string of the molecule is CC[C@H](C)c1ccc(NC(=S)NCCCN(C)C)cc1. The molecule has 1 aromatic rings. The van der Waals surface area contributed by atoms with E-state index in [1.165, 1.54) is 12.0 Å². The maximum absolute atomic E-state index is 5.29. The molecule has 0 heterocycles. The molecule has 1 atom stereocenters. The quantitative estimate of drug-likeness (QED) is 0.595. The lowest BCUT2D eigenvalue weighted by atomic mass is 9.99. The van der Waals surface area contributed by atoms with Crippen molar-refractivity contribution in [2.75, 3.05) is 32.5 Å². The summed E-state index contributed by atoms with van der Waals surface area (Å²) in [5, 5.41) is 7.14. The summed E-state index contributed by atoms with van der Waals surface area (Å²) in [5.41, 5.74) is 2.42. The highest BCUT2D eigenvalue weighted by Crippen LogP contribution is 2.20. The van der Waals surface area contributed by atoms with Crippen molar-refractivity contribution in [3.63, 3.8) is 0 Å². The van der Waals surface area contributed by atoms with Crippen LogP contribution in [0.2, 0.25) is 0 Å². The number of thiocarbonyl (C=S) groups is 1. The fourth-order valence-corrected chi connectivity index (χ4v) is 2.12. The van der Waals surface area contributed by atoms with Crippen molar-refractivity contribution in [2.24, 2.45) is 0 Å². The Morgan fingerprint density at radius 2 is 1.90 bits per heavy atom. The molecular weight excluding hydrogens is 266 g/mol. The minimum atomic E-state index is 0.611. The monoisotopic (exact) mass is 293 g/mol. The van der Waals surface area contributed by atoms with Gasteiger partial charge in [0.1, 0.15) is 0 Å². The fourth-order valence-electron chi connectivity index (χ4n) is 1.90. The smallest absolute Gasteiger partial charge is 0.170 e. The topological polar surface area (TPSA) is 27.3 Å². The molecule has 0 aliphatic carbocycles. The molecule has 0 aliphatic rings. The van der Waals surface area contributed by atoms with Crippen LogP contribution in [0, 0.1) is 0 Å². The first-order valence-corrected chi connectivity index (χ1v) is 7.73. The molecular formula is C16H27N3S. The van der Waals surface area contributed by atoms with Gasteiger partial charge in [0, 0.05) is 12.2 Å². The maximum Gasteiger partial charge on any atom is 0.170 e. The minimum absolute atomic E-state index is 0.611. The zero-order valence-electron chi connectivity index (χ0n) is 13.1. The predicted octanol–water partition coefficient (Wildman–Crippen LogP) is 3.44. The Labute approximate surface area is 128 Å². The molecule has 0 spiro atoms. The van der Waals surface area contributed by atoms with Crippen molar-refractivity contribution in [2.45, 2.75) is 32.6 Å². The summed E-state index contributed by atoms with van der Waals surface area (Å²) >= 11 is 5.29. The van der Waals surface area contributed by atoms with Crippen LogP contribution in [0.25, 0.3) is 0 Å². The van der Waals surface area contributed by atoms with Gasteiger partial charge in [0.05, 0.1) is 0 Å². The normalized spacial score (nSPS) is 12.2.